The van der Waals surface area contributed by atoms with E-state index in [2.05, 4.69) is 15.9 Å². The Balaban J connectivity index is 2.36. The van der Waals surface area contributed by atoms with E-state index in [9.17, 15) is 4.39 Å². The molecule has 1 atom stereocenters. The molecule has 2 nitrogen and oxygen atoms in total. The maximum absolute atomic E-state index is 14.1. The van der Waals surface area contributed by atoms with Crippen LogP contribution in [0.4, 0.5) is 4.39 Å². The van der Waals surface area contributed by atoms with Crippen molar-refractivity contribution in [1.82, 2.24) is 0 Å². The highest BCUT2D eigenvalue weighted by Crippen LogP contribution is 2.32. The van der Waals surface area contributed by atoms with E-state index in [1.54, 1.807) is 6.07 Å². The van der Waals surface area contributed by atoms with Crippen LogP contribution in [0.15, 0.2) is 40.9 Å². The van der Waals surface area contributed by atoms with Gasteiger partial charge >= 0.3 is 0 Å². The second-order valence-electron chi connectivity index (χ2n) is 5.11. The average Bonchev–Trinajstić information content (AvgIpc) is 2.46. The highest BCUT2D eigenvalue weighted by molar-refractivity contribution is 9.10. The second-order valence-corrected chi connectivity index (χ2v) is 6.03. The molecule has 21 heavy (non-hydrogen) atoms. The van der Waals surface area contributed by atoms with Crippen LogP contribution >= 0.6 is 15.9 Å². The van der Waals surface area contributed by atoms with Gasteiger partial charge in [0, 0.05) is 10.5 Å². The van der Waals surface area contributed by atoms with Crippen molar-refractivity contribution in [2.24, 2.45) is 5.73 Å². The van der Waals surface area contributed by atoms with Gasteiger partial charge in [0.2, 0.25) is 0 Å². The number of hydrogen-bond donors (Lipinski definition) is 1. The first-order valence-electron chi connectivity index (χ1n) is 6.98. The van der Waals surface area contributed by atoms with E-state index < -0.39 is 0 Å². The van der Waals surface area contributed by atoms with E-state index in [-0.39, 0.29) is 17.6 Å². The van der Waals surface area contributed by atoms with Crippen molar-refractivity contribution in [3.8, 4) is 11.5 Å². The summed E-state index contributed by atoms with van der Waals surface area (Å²) in [4.78, 5) is 0. The van der Waals surface area contributed by atoms with E-state index in [0.717, 1.165) is 22.0 Å². The first-order chi connectivity index (χ1) is 10.0. The molecule has 0 amide bonds. The minimum Gasteiger partial charge on any atom is -0.454 e. The number of nitrogens with two attached hydrogens (primary N) is 1. The first kappa shape index (κ1) is 16.0. The van der Waals surface area contributed by atoms with E-state index in [1.807, 2.05) is 38.1 Å². The maximum Gasteiger partial charge on any atom is 0.166 e. The minimum atomic E-state index is -0.366. The van der Waals surface area contributed by atoms with Gasteiger partial charge in [-0.1, -0.05) is 41.1 Å². The SMILES string of the molecule is CCC(N)Cc1cccc(F)c1Oc1cc(Br)ccc1C. The lowest BCUT2D eigenvalue weighted by Crippen LogP contribution is -2.21. The molecule has 4 heteroatoms. The third-order valence-electron chi connectivity index (χ3n) is 3.42. The van der Waals surface area contributed by atoms with Crippen LogP contribution in [0.3, 0.4) is 0 Å². The van der Waals surface area contributed by atoms with Crippen LogP contribution in [0, 0.1) is 12.7 Å². The number of benzene rings is 2. The van der Waals surface area contributed by atoms with Crippen LogP contribution in [0.25, 0.3) is 0 Å². The van der Waals surface area contributed by atoms with Crippen LogP contribution in [0.2, 0.25) is 0 Å². The molecule has 2 rings (SSSR count). The van der Waals surface area contributed by atoms with Crippen molar-refractivity contribution in [1.29, 1.82) is 0 Å². The van der Waals surface area contributed by atoms with Gasteiger partial charge in [-0.25, -0.2) is 4.39 Å². The lowest BCUT2D eigenvalue weighted by molar-refractivity contribution is 0.430. The standard InChI is InChI=1S/C17H19BrFNO/c1-3-14(20)9-12-5-4-6-15(19)17(12)21-16-10-13(18)8-7-11(16)2/h4-8,10,14H,3,9,20H2,1-2H3. The highest BCUT2D eigenvalue weighted by Gasteiger charge is 2.14. The van der Waals surface area contributed by atoms with Gasteiger partial charge in [-0.05, 0) is 49.1 Å². The molecule has 0 radical (unpaired) electrons. The summed E-state index contributed by atoms with van der Waals surface area (Å²) < 4.78 is 20.9. The summed E-state index contributed by atoms with van der Waals surface area (Å²) in [5, 5.41) is 0. The first-order valence-corrected chi connectivity index (χ1v) is 7.77. The monoisotopic (exact) mass is 351 g/mol. The van der Waals surface area contributed by atoms with Gasteiger partial charge in [0.15, 0.2) is 11.6 Å². The van der Waals surface area contributed by atoms with Crippen molar-refractivity contribution < 1.29 is 9.13 Å². The topological polar surface area (TPSA) is 35.2 Å². The molecule has 112 valence electrons. The predicted molar refractivity (Wildman–Crippen MR) is 87.3 cm³/mol. The molecule has 1 unspecified atom stereocenters. The summed E-state index contributed by atoms with van der Waals surface area (Å²) >= 11 is 3.40. The fourth-order valence-corrected chi connectivity index (χ4v) is 2.39. The van der Waals surface area contributed by atoms with Gasteiger partial charge in [0.05, 0.1) is 0 Å². The normalized spacial score (nSPS) is 12.2. The lowest BCUT2D eigenvalue weighted by Gasteiger charge is -2.16. The summed E-state index contributed by atoms with van der Waals surface area (Å²) in [6.07, 6.45) is 1.43. The molecule has 2 aromatic carbocycles. The van der Waals surface area contributed by atoms with Gasteiger partial charge in [0.25, 0.3) is 0 Å². The number of hydrogen-bond acceptors (Lipinski definition) is 2. The van der Waals surface area contributed by atoms with Crippen molar-refractivity contribution >= 4 is 15.9 Å². The Labute approximate surface area is 133 Å². The van der Waals surface area contributed by atoms with E-state index in [4.69, 9.17) is 10.5 Å². The summed E-state index contributed by atoms with van der Waals surface area (Å²) in [5.41, 5.74) is 7.73. The van der Waals surface area contributed by atoms with Gasteiger partial charge in [0.1, 0.15) is 5.75 Å². The zero-order valence-electron chi connectivity index (χ0n) is 12.2. The van der Waals surface area contributed by atoms with Crippen molar-refractivity contribution in [3.05, 3.63) is 57.8 Å². The molecule has 0 saturated heterocycles. The molecule has 0 spiro atoms. The van der Waals surface area contributed by atoms with Crippen LogP contribution in [-0.2, 0) is 6.42 Å². The van der Waals surface area contributed by atoms with Gasteiger partial charge in [-0.2, -0.15) is 0 Å². The molecule has 0 aliphatic heterocycles. The Morgan fingerprint density at radius 3 is 2.76 bits per heavy atom. The highest BCUT2D eigenvalue weighted by atomic mass is 79.9. The van der Waals surface area contributed by atoms with E-state index >= 15 is 0 Å². The fraction of sp³-hybridized carbons (Fsp3) is 0.294. The summed E-state index contributed by atoms with van der Waals surface area (Å²) in [6, 6.07) is 10.6. The average molecular weight is 352 g/mol. The molecular weight excluding hydrogens is 333 g/mol. The largest absolute Gasteiger partial charge is 0.454 e. The van der Waals surface area contributed by atoms with Crippen molar-refractivity contribution in [2.45, 2.75) is 32.7 Å². The number of aryl methyl sites for hydroxylation is 1. The van der Waals surface area contributed by atoms with Gasteiger partial charge < -0.3 is 10.5 Å². The Hall–Kier alpha value is -1.39. The minimum absolute atomic E-state index is 0.00208. The fourth-order valence-electron chi connectivity index (χ4n) is 2.05. The molecule has 2 aromatic rings. The molecule has 0 aliphatic rings. The lowest BCUT2D eigenvalue weighted by atomic mass is 10.0. The number of rotatable bonds is 5. The third kappa shape index (κ3) is 4.05. The molecule has 0 fully saturated rings. The Kier molecular flexibility index (Phi) is 5.37. The Morgan fingerprint density at radius 2 is 2.05 bits per heavy atom. The Bertz CT molecular complexity index is 630. The molecular formula is C17H19BrFNO. The molecule has 0 saturated carbocycles. The number of halogens is 2. The molecule has 0 heterocycles. The third-order valence-corrected chi connectivity index (χ3v) is 3.91. The van der Waals surface area contributed by atoms with E-state index in [0.29, 0.717) is 12.2 Å². The summed E-state index contributed by atoms with van der Waals surface area (Å²) in [6.45, 7) is 3.95. The second kappa shape index (κ2) is 7.05. The zero-order valence-corrected chi connectivity index (χ0v) is 13.8. The van der Waals surface area contributed by atoms with Gasteiger partial charge in [-0.3, -0.25) is 0 Å². The zero-order chi connectivity index (χ0) is 15.4. The van der Waals surface area contributed by atoms with E-state index in [1.165, 1.54) is 6.07 Å². The molecule has 2 N–H and O–H groups in total. The Morgan fingerprint density at radius 1 is 1.29 bits per heavy atom. The maximum atomic E-state index is 14.1. The van der Waals surface area contributed by atoms with Gasteiger partial charge in [-0.15, -0.1) is 0 Å². The van der Waals surface area contributed by atoms with Crippen LogP contribution < -0.4 is 10.5 Å². The van der Waals surface area contributed by atoms with Crippen LogP contribution in [0.1, 0.15) is 24.5 Å². The molecule has 0 aromatic heterocycles. The number of ether oxygens (including phenoxy) is 1. The van der Waals surface area contributed by atoms with Crippen molar-refractivity contribution in [2.75, 3.05) is 0 Å². The summed E-state index contributed by atoms with van der Waals surface area (Å²) in [7, 11) is 0. The van der Waals surface area contributed by atoms with Crippen LogP contribution in [0.5, 0.6) is 11.5 Å². The predicted octanol–water partition coefficient (Wildman–Crippen LogP) is 4.97. The van der Waals surface area contributed by atoms with Crippen LogP contribution in [-0.4, -0.2) is 6.04 Å². The van der Waals surface area contributed by atoms with Crippen molar-refractivity contribution in [3.63, 3.8) is 0 Å². The smallest absolute Gasteiger partial charge is 0.166 e. The molecule has 0 aliphatic carbocycles. The number of para-hydroxylation sites is 1. The quantitative estimate of drug-likeness (QED) is 0.825. The summed E-state index contributed by atoms with van der Waals surface area (Å²) in [5.74, 6) is 0.540. The molecule has 0 bridgehead atoms.